The average Bonchev–Trinajstić information content (AvgIpc) is 3.05. The predicted molar refractivity (Wildman–Crippen MR) is 111 cm³/mol. The van der Waals surface area contributed by atoms with Crippen LogP contribution in [0.25, 0.3) is 16.7 Å². The molecule has 0 saturated heterocycles. The molecule has 6 nitrogen and oxygen atoms in total. The van der Waals surface area contributed by atoms with Gasteiger partial charge in [-0.15, -0.1) is 11.6 Å². The van der Waals surface area contributed by atoms with Gasteiger partial charge in [-0.3, -0.25) is 4.79 Å². The number of aryl methyl sites for hydroxylation is 3. The number of hydrogen-bond donors (Lipinski definition) is 1. The second-order valence-electron chi connectivity index (χ2n) is 7.68. The molecular weight excluding hydrogens is 374 g/mol. The van der Waals surface area contributed by atoms with E-state index in [0.717, 1.165) is 22.0 Å². The normalized spacial score (nSPS) is 11.5. The Hall–Kier alpha value is -2.91. The Morgan fingerprint density at radius 1 is 1.25 bits per heavy atom. The van der Waals surface area contributed by atoms with Gasteiger partial charge in [0, 0.05) is 11.3 Å². The number of fused-ring (bicyclic) bond motifs is 1. The molecule has 0 aliphatic heterocycles. The molecular formula is C21H22ClN5O. The first-order valence-electron chi connectivity index (χ1n) is 8.92. The molecule has 3 aromatic rings. The van der Waals surface area contributed by atoms with Gasteiger partial charge < -0.3 is 5.32 Å². The van der Waals surface area contributed by atoms with Crippen LogP contribution in [0, 0.1) is 37.5 Å². The minimum Gasteiger partial charge on any atom is -0.309 e. The van der Waals surface area contributed by atoms with Crippen molar-refractivity contribution in [3.05, 3.63) is 46.6 Å². The number of rotatable bonds is 4. The van der Waals surface area contributed by atoms with Gasteiger partial charge in [0.25, 0.3) is 0 Å². The van der Waals surface area contributed by atoms with Crippen LogP contribution >= 0.6 is 11.6 Å². The lowest BCUT2D eigenvalue weighted by Gasteiger charge is -2.21. The van der Waals surface area contributed by atoms with Crippen molar-refractivity contribution in [3.63, 3.8) is 0 Å². The fraction of sp³-hybridized carbons (Fsp3) is 0.333. The fourth-order valence-electron chi connectivity index (χ4n) is 3.00. The topological polar surface area (TPSA) is 83.6 Å². The second kappa shape index (κ2) is 7.25. The zero-order chi connectivity index (χ0) is 20.6. The number of halogens is 1. The van der Waals surface area contributed by atoms with Crippen LogP contribution in [0.2, 0.25) is 0 Å². The minimum atomic E-state index is -0.787. The van der Waals surface area contributed by atoms with Crippen molar-refractivity contribution in [2.24, 2.45) is 5.41 Å². The maximum absolute atomic E-state index is 12.6. The van der Waals surface area contributed by atoms with Gasteiger partial charge in [0.15, 0.2) is 11.6 Å². The van der Waals surface area contributed by atoms with Crippen LogP contribution in [0.1, 0.15) is 36.1 Å². The maximum atomic E-state index is 12.6. The van der Waals surface area contributed by atoms with Crippen molar-refractivity contribution in [2.45, 2.75) is 34.6 Å². The third-order valence-electron chi connectivity index (χ3n) is 4.73. The number of aromatic nitrogens is 3. The van der Waals surface area contributed by atoms with Gasteiger partial charge in [-0.1, -0.05) is 11.6 Å². The molecule has 2 aromatic heterocycles. The number of alkyl halides is 1. The lowest BCUT2D eigenvalue weighted by Crippen LogP contribution is -2.33. The Balaban J connectivity index is 2.16. The van der Waals surface area contributed by atoms with Crippen LogP contribution in [0.15, 0.2) is 24.4 Å². The zero-order valence-corrected chi connectivity index (χ0v) is 17.3. The predicted octanol–water partition coefficient (Wildman–Crippen LogP) is 4.42. The summed E-state index contributed by atoms with van der Waals surface area (Å²) in [7, 11) is 0. The van der Waals surface area contributed by atoms with E-state index >= 15 is 0 Å². The Bertz CT molecular complexity index is 1120. The highest BCUT2D eigenvalue weighted by atomic mass is 35.5. The van der Waals surface area contributed by atoms with Crippen LogP contribution in [-0.4, -0.2) is 26.6 Å². The van der Waals surface area contributed by atoms with E-state index in [4.69, 9.17) is 16.6 Å². The summed E-state index contributed by atoms with van der Waals surface area (Å²) in [6.45, 7) is 9.56. The van der Waals surface area contributed by atoms with Crippen LogP contribution in [0.4, 0.5) is 5.82 Å². The fourth-order valence-corrected chi connectivity index (χ4v) is 3.12. The van der Waals surface area contributed by atoms with Gasteiger partial charge >= 0.3 is 0 Å². The van der Waals surface area contributed by atoms with Crippen molar-refractivity contribution >= 4 is 34.2 Å². The Morgan fingerprint density at radius 3 is 2.61 bits per heavy atom. The molecule has 0 unspecified atom stereocenters. The molecule has 7 heteroatoms. The largest absolute Gasteiger partial charge is 0.309 e. The molecule has 0 bridgehead atoms. The number of amides is 1. The number of nitrogens with one attached hydrogen (secondary N) is 1. The van der Waals surface area contributed by atoms with Gasteiger partial charge in [-0.05, 0) is 57.9 Å². The maximum Gasteiger partial charge on any atom is 0.232 e. The summed E-state index contributed by atoms with van der Waals surface area (Å²) in [5, 5.41) is 17.6. The number of carbonyl (C=O) groups excluding carboxylic acids is 1. The highest BCUT2D eigenvalue weighted by Crippen LogP contribution is 2.27. The summed E-state index contributed by atoms with van der Waals surface area (Å²) in [6.07, 6.45) is 1.42. The zero-order valence-electron chi connectivity index (χ0n) is 16.6. The summed E-state index contributed by atoms with van der Waals surface area (Å²) >= 11 is 5.91. The quantitative estimate of drug-likeness (QED) is 0.662. The first kappa shape index (κ1) is 19.8. The monoisotopic (exact) mass is 395 g/mol. The highest BCUT2D eigenvalue weighted by Gasteiger charge is 2.29. The first-order valence-corrected chi connectivity index (χ1v) is 9.46. The van der Waals surface area contributed by atoms with E-state index < -0.39 is 5.41 Å². The Kier molecular flexibility index (Phi) is 5.14. The van der Waals surface area contributed by atoms with E-state index in [-0.39, 0.29) is 17.4 Å². The molecule has 0 spiro atoms. The third kappa shape index (κ3) is 3.46. The molecule has 0 atom stereocenters. The lowest BCUT2D eigenvalue weighted by molar-refractivity contribution is -0.123. The number of anilines is 1. The summed E-state index contributed by atoms with van der Waals surface area (Å²) in [5.74, 6) is 0.699. The molecule has 3 rings (SSSR count). The highest BCUT2D eigenvalue weighted by molar-refractivity contribution is 6.20. The molecule has 28 heavy (non-hydrogen) atoms. The molecule has 0 saturated carbocycles. The molecule has 0 aliphatic rings. The van der Waals surface area contributed by atoms with E-state index in [1.165, 1.54) is 16.4 Å². The first-order chi connectivity index (χ1) is 13.2. The van der Waals surface area contributed by atoms with Gasteiger partial charge in [-0.2, -0.15) is 15.0 Å². The van der Waals surface area contributed by atoms with Crippen molar-refractivity contribution in [3.8, 4) is 11.9 Å². The van der Waals surface area contributed by atoms with E-state index in [9.17, 15) is 10.1 Å². The van der Waals surface area contributed by atoms with Crippen LogP contribution in [0.5, 0.6) is 0 Å². The number of nitrogens with zero attached hydrogens (tertiary/aromatic N) is 4. The van der Waals surface area contributed by atoms with Crippen LogP contribution in [-0.2, 0) is 4.79 Å². The standard InChI is InChI=1S/C21H22ClN5O/c1-12-6-14(3)18-16(7-12)13(2)8-17(25-18)27-19(15(9-23)10-24-27)26-20(28)21(4,5)11-22/h6-8,10H,11H2,1-5H3,(H,26,28). The SMILES string of the molecule is Cc1cc(C)c2nc(-n3ncc(C#N)c3NC(=O)C(C)(C)CCl)cc(C)c2c1. The van der Waals surface area contributed by atoms with E-state index in [2.05, 4.69) is 35.5 Å². The number of benzene rings is 1. The number of carbonyl (C=O) groups is 1. The summed E-state index contributed by atoms with van der Waals surface area (Å²) in [6, 6.07) is 8.15. The molecule has 0 fully saturated rings. The second-order valence-corrected chi connectivity index (χ2v) is 7.94. The third-order valence-corrected chi connectivity index (χ3v) is 5.40. The van der Waals surface area contributed by atoms with Crippen LogP contribution < -0.4 is 5.32 Å². The molecule has 1 amide bonds. The molecule has 0 radical (unpaired) electrons. The number of hydrogen-bond acceptors (Lipinski definition) is 4. The van der Waals surface area contributed by atoms with Gasteiger partial charge in [0.05, 0.1) is 17.1 Å². The van der Waals surface area contributed by atoms with Crippen LogP contribution in [0.3, 0.4) is 0 Å². The van der Waals surface area contributed by atoms with Gasteiger partial charge in [0.1, 0.15) is 11.6 Å². The summed E-state index contributed by atoms with van der Waals surface area (Å²) < 4.78 is 1.49. The minimum absolute atomic E-state index is 0.154. The molecule has 2 heterocycles. The van der Waals surface area contributed by atoms with Gasteiger partial charge in [-0.25, -0.2) is 4.98 Å². The van der Waals surface area contributed by atoms with E-state index in [0.29, 0.717) is 11.6 Å². The smallest absolute Gasteiger partial charge is 0.232 e. The number of pyridine rings is 1. The summed E-state index contributed by atoms with van der Waals surface area (Å²) in [4.78, 5) is 17.4. The molecule has 144 valence electrons. The van der Waals surface area contributed by atoms with Crippen molar-refractivity contribution in [2.75, 3.05) is 11.2 Å². The van der Waals surface area contributed by atoms with Crippen molar-refractivity contribution in [1.82, 2.24) is 14.8 Å². The van der Waals surface area contributed by atoms with E-state index in [1.54, 1.807) is 13.8 Å². The molecule has 1 aromatic carbocycles. The van der Waals surface area contributed by atoms with E-state index in [1.807, 2.05) is 19.9 Å². The number of nitriles is 1. The summed E-state index contributed by atoms with van der Waals surface area (Å²) in [5.41, 5.74) is 3.61. The average molecular weight is 396 g/mol. The molecule has 1 N–H and O–H groups in total. The van der Waals surface area contributed by atoms with Crippen molar-refractivity contribution in [1.29, 1.82) is 5.26 Å². The molecule has 0 aliphatic carbocycles. The van der Waals surface area contributed by atoms with Gasteiger partial charge in [0.2, 0.25) is 5.91 Å². The Labute approximate surface area is 169 Å². The lowest BCUT2D eigenvalue weighted by atomic mass is 9.95. The van der Waals surface area contributed by atoms with Crippen molar-refractivity contribution < 1.29 is 4.79 Å². The Morgan fingerprint density at radius 2 is 1.96 bits per heavy atom.